The number of benzene rings is 1. The summed E-state index contributed by atoms with van der Waals surface area (Å²) in [6.07, 6.45) is 2.26. The van der Waals surface area contributed by atoms with Crippen molar-refractivity contribution in [3.05, 3.63) is 44.1 Å². The van der Waals surface area contributed by atoms with Crippen molar-refractivity contribution in [2.45, 2.75) is 50.5 Å². The number of carboxylic acid groups (broad SMARTS) is 1. The van der Waals surface area contributed by atoms with Crippen LogP contribution in [0, 0.1) is 11.3 Å². The zero-order valence-corrected chi connectivity index (χ0v) is 35.6. The van der Waals surface area contributed by atoms with Gasteiger partial charge in [0.15, 0.2) is 33.7 Å². The molecule has 0 radical (unpaired) electrons. The van der Waals surface area contributed by atoms with Gasteiger partial charge in [0.1, 0.15) is 16.6 Å². The molecular formula is C33H35Cl2N10NaO8S2. The number of nitrogen functional groups attached to an aromatic ring is 1. The molecule has 1 aromatic carbocycles. The summed E-state index contributed by atoms with van der Waals surface area (Å²) in [7, 11) is 0. The van der Waals surface area contributed by atoms with Crippen LogP contribution in [0.3, 0.4) is 0 Å². The summed E-state index contributed by atoms with van der Waals surface area (Å²) in [5.41, 5.74) is 4.93. The molecule has 8 rings (SSSR count). The number of nitrogens with zero attached hydrogens (tertiary/aromatic N) is 8. The van der Waals surface area contributed by atoms with E-state index in [1.54, 1.807) is 4.90 Å². The standard InChI is InChI=1S/C33H36Cl2N10O8S2.Na/c1-32(2,30(51)52)53-41-21(22-25(35)55-31(36)38-22)19(47)11-17-28(50)44-23(26-39-42-43-40-26)15(13-54-29(17)44)12-45-8-5-33(6-9-45,7-10-45)14-37-27(49)16-3-4-18(46)24(48)20(16)34;/h3-4,17,29H,5-14H2,1-2H3,(H6-,36,37,38,39,40,41,42,43,46,47,48,49,51,52);/q;+1/p-1/t17-,29-,33?,45?;/m1./s1. The second kappa shape index (κ2) is 16.0. The van der Waals surface area contributed by atoms with Gasteiger partial charge in [-0.05, 0) is 26.0 Å². The van der Waals surface area contributed by atoms with Crippen LogP contribution >= 0.6 is 46.3 Å². The first-order valence-corrected chi connectivity index (χ1v) is 19.8. The van der Waals surface area contributed by atoms with Crippen LogP contribution in [0.25, 0.3) is 5.70 Å². The zero-order chi connectivity index (χ0) is 39.4. The average Bonchev–Trinajstić information content (AvgIpc) is 3.81. The Balaban J connectivity index is 0.00000532. The van der Waals surface area contributed by atoms with Gasteiger partial charge in [-0.2, -0.15) is 5.21 Å². The molecule has 3 aromatic rings. The third kappa shape index (κ3) is 7.86. The molecule has 5 N–H and O–H groups in total. The number of carboxylic acids is 1. The number of thiazole rings is 1. The summed E-state index contributed by atoms with van der Waals surface area (Å²) in [5.74, 6) is -3.95. The largest absolute Gasteiger partial charge is 1.00 e. The number of Topliss-reactive ketones (excluding diaryl/α,β-unsaturated/α-hetero) is 1. The van der Waals surface area contributed by atoms with Gasteiger partial charge in [0.2, 0.25) is 5.91 Å². The van der Waals surface area contributed by atoms with E-state index in [1.165, 1.54) is 37.7 Å². The molecule has 0 spiro atoms. The molecule has 5 aliphatic heterocycles. The number of halogens is 2. The number of tetrazole rings is 1. The van der Waals surface area contributed by atoms with Crippen LogP contribution in [0.2, 0.25) is 9.36 Å². The van der Waals surface area contributed by atoms with Crippen LogP contribution in [0.15, 0.2) is 22.9 Å². The third-order valence-corrected chi connectivity index (χ3v) is 13.7. The normalized spacial score (nSPS) is 24.6. The summed E-state index contributed by atoms with van der Waals surface area (Å²) < 4.78 is 0.823. The second-order valence-electron chi connectivity index (χ2n) is 14.7. The summed E-state index contributed by atoms with van der Waals surface area (Å²) in [6.45, 7) is 6.00. The molecule has 0 aliphatic carbocycles. The van der Waals surface area contributed by atoms with Crippen molar-refractivity contribution >= 4 is 86.4 Å². The van der Waals surface area contributed by atoms with E-state index in [0.717, 1.165) is 60.3 Å². The molecule has 23 heteroatoms. The SMILES string of the molecule is CC(C)(O/N=C(\C(=O)C[C@@H]1C(=O)N2C(c3nnn[n-]3)=C(C[N+]34CCC(CNC(=O)c5ccc(O)c(O)c5Cl)(CC3)CC4)CS[C@H]12)c1nc(N)sc1Cl)C(=O)[O-].[Na+]. The molecule has 18 nitrogen and oxygen atoms in total. The molecule has 2 bridgehead atoms. The Morgan fingerprint density at radius 1 is 1.21 bits per heavy atom. The van der Waals surface area contributed by atoms with Crippen molar-refractivity contribution in [2.24, 2.45) is 16.5 Å². The Labute approximate surface area is 360 Å². The van der Waals surface area contributed by atoms with E-state index in [9.17, 15) is 34.5 Å². The van der Waals surface area contributed by atoms with Gasteiger partial charge in [-0.15, -0.1) is 11.8 Å². The number of aromatic nitrogens is 5. The minimum absolute atomic E-state index is 0. The minimum atomic E-state index is -1.89. The topological polar surface area (TPSA) is 260 Å². The smallest absolute Gasteiger partial charge is 0.546 e. The number of hydrogen-bond donors (Lipinski definition) is 4. The Hall–Kier alpha value is -3.50. The molecule has 292 valence electrons. The number of aliphatic carboxylic acids is 1. The van der Waals surface area contributed by atoms with Crippen LogP contribution in [0.5, 0.6) is 11.5 Å². The van der Waals surface area contributed by atoms with Gasteiger partial charge in [0.05, 0.1) is 59.0 Å². The Morgan fingerprint density at radius 2 is 1.91 bits per heavy atom. The summed E-state index contributed by atoms with van der Waals surface area (Å²) in [5, 5.41) is 53.0. The van der Waals surface area contributed by atoms with Gasteiger partial charge in [-0.1, -0.05) is 39.7 Å². The number of phenolic OH excluding ortho intramolecular Hbond substituents is 2. The number of aromatic hydroxyl groups is 2. The van der Waals surface area contributed by atoms with Gasteiger partial charge in [0, 0.05) is 49.0 Å². The summed E-state index contributed by atoms with van der Waals surface area (Å²) in [4.78, 5) is 63.1. The Morgan fingerprint density at radius 3 is 2.52 bits per heavy atom. The predicted molar refractivity (Wildman–Crippen MR) is 198 cm³/mol. The first kappa shape index (κ1) is 42.1. The number of anilines is 1. The molecule has 2 amide bonds. The average molecular weight is 858 g/mol. The number of amides is 2. The van der Waals surface area contributed by atoms with E-state index in [1.807, 2.05) is 0 Å². The second-order valence-corrected chi connectivity index (χ2v) is 17.8. The molecule has 4 saturated heterocycles. The number of oxime groups is 1. The van der Waals surface area contributed by atoms with E-state index in [2.05, 4.69) is 36.1 Å². The van der Waals surface area contributed by atoms with E-state index in [0.29, 0.717) is 24.5 Å². The van der Waals surface area contributed by atoms with Gasteiger partial charge in [-0.3, -0.25) is 29.6 Å². The van der Waals surface area contributed by atoms with Gasteiger partial charge >= 0.3 is 29.6 Å². The molecule has 4 fully saturated rings. The molecule has 2 aromatic heterocycles. The number of rotatable bonds is 13. The fourth-order valence-electron chi connectivity index (χ4n) is 7.51. The van der Waals surface area contributed by atoms with Gasteiger partial charge in [0.25, 0.3) is 5.91 Å². The van der Waals surface area contributed by atoms with Crippen molar-refractivity contribution in [3.63, 3.8) is 0 Å². The third-order valence-electron chi connectivity index (χ3n) is 10.9. The van der Waals surface area contributed by atoms with Crippen molar-refractivity contribution in [3.8, 4) is 11.5 Å². The van der Waals surface area contributed by atoms with E-state index in [4.69, 9.17) is 33.8 Å². The minimum Gasteiger partial charge on any atom is -0.546 e. The first-order valence-electron chi connectivity index (χ1n) is 17.2. The number of hydrogen-bond acceptors (Lipinski definition) is 16. The maximum absolute atomic E-state index is 13.9. The molecule has 0 saturated carbocycles. The number of β-lactam (4-membered cyclic amide) rings is 1. The van der Waals surface area contributed by atoms with Gasteiger partial charge < -0.3 is 45.6 Å². The van der Waals surface area contributed by atoms with Crippen LogP contribution in [-0.4, -0.2) is 119 Å². The summed E-state index contributed by atoms with van der Waals surface area (Å²) in [6, 6.07) is 2.59. The van der Waals surface area contributed by atoms with Gasteiger partial charge in [-0.25, -0.2) is 4.98 Å². The number of thioether (sulfide) groups is 1. The number of nitrogens with one attached hydrogen (secondary N) is 1. The number of quaternary nitrogens is 1. The van der Waals surface area contributed by atoms with E-state index < -0.39 is 46.1 Å². The van der Waals surface area contributed by atoms with Crippen LogP contribution < -0.4 is 50.8 Å². The maximum Gasteiger partial charge on any atom is 1.00 e. The molecule has 0 unspecified atom stereocenters. The van der Waals surface area contributed by atoms with Crippen LogP contribution in [0.1, 0.15) is 61.4 Å². The number of piperidine rings is 3. The number of nitrogens with two attached hydrogens (primary N) is 1. The van der Waals surface area contributed by atoms with Crippen molar-refractivity contribution in [1.82, 2.24) is 35.8 Å². The Kier molecular flexibility index (Phi) is 12.1. The van der Waals surface area contributed by atoms with Crippen molar-refractivity contribution in [1.29, 1.82) is 0 Å². The number of carbonyl (C=O) groups is 4. The summed E-state index contributed by atoms with van der Waals surface area (Å²) >= 11 is 14.8. The molecule has 7 heterocycles. The van der Waals surface area contributed by atoms with Crippen LogP contribution in [-0.2, 0) is 19.2 Å². The van der Waals surface area contributed by atoms with Crippen molar-refractivity contribution < 1.29 is 73.4 Å². The molecule has 5 aliphatic rings. The van der Waals surface area contributed by atoms with E-state index in [-0.39, 0.29) is 84.6 Å². The number of phenols is 2. The van der Waals surface area contributed by atoms with Crippen LogP contribution in [0.4, 0.5) is 5.13 Å². The van der Waals surface area contributed by atoms with E-state index >= 15 is 0 Å². The maximum atomic E-state index is 13.9. The predicted octanol–water partition coefficient (Wildman–Crippen LogP) is -1.83. The Bertz CT molecular complexity index is 2130. The molecular weight excluding hydrogens is 822 g/mol. The number of carbonyl (C=O) groups excluding carboxylic acids is 4. The van der Waals surface area contributed by atoms with Crippen molar-refractivity contribution in [2.75, 3.05) is 44.2 Å². The quantitative estimate of drug-likeness (QED) is 0.0368. The number of fused-ring (bicyclic) bond motifs is 4. The monoisotopic (exact) mass is 856 g/mol. The fourth-order valence-corrected chi connectivity index (χ4v) is 10.1. The number of ketones is 1. The first-order chi connectivity index (χ1) is 26.0. The molecule has 56 heavy (non-hydrogen) atoms. The molecule has 2 atom stereocenters. The fraction of sp³-hybridized carbons (Fsp3) is 0.485. The zero-order valence-electron chi connectivity index (χ0n) is 30.5.